The van der Waals surface area contributed by atoms with E-state index in [4.69, 9.17) is 0 Å². The number of fused-ring (bicyclic) bond motifs is 14. The number of Topliss-reactive ketones (excluding diaryl/α,β-unsaturated/α-hetero) is 1. The topological polar surface area (TPSA) is 131 Å². The van der Waals surface area contributed by atoms with Gasteiger partial charge in [0, 0.05) is 25.0 Å². The lowest BCUT2D eigenvalue weighted by molar-refractivity contribution is -0.239. The van der Waals surface area contributed by atoms with Crippen LogP contribution in [-0.2, 0) is 4.79 Å². The summed E-state index contributed by atoms with van der Waals surface area (Å²) in [7, 11) is 0. The van der Waals surface area contributed by atoms with Gasteiger partial charge in [0.1, 0.15) is 5.78 Å². The second kappa shape index (κ2) is 17.3. The van der Waals surface area contributed by atoms with Crippen LogP contribution in [-0.4, -0.2) is 63.6 Å². The molecule has 10 aliphatic rings. The molecular weight excluding hydrogens is 843 g/mol. The Hall–Kier alpha value is -1.54. The van der Waals surface area contributed by atoms with Crippen LogP contribution in [0.1, 0.15) is 205 Å². The van der Waals surface area contributed by atoms with Crippen LogP contribution in [0.3, 0.4) is 0 Å². The highest BCUT2D eigenvalue weighted by molar-refractivity contribution is 5.91. The first-order valence-electron chi connectivity index (χ1n) is 27.9. The van der Waals surface area contributed by atoms with E-state index in [1.54, 1.807) is 0 Å². The summed E-state index contributed by atoms with van der Waals surface area (Å²) in [5.41, 5.74) is 4.00. The summed E-state index contributed by atoms with van der Waals surface area (Å²) in [4.78, 5) is 13.0. The van der Waals surface area contributed by atoms with Crippen LogP contribution >= 0.6 is 0 Å². The minimum atomic E-state index is -0.568. The summed E-state index contributed by atoms with van der Waals surface area (Å²) in [6.45, 7) is 33.7. The number of allylic oxidation sites excluding steroid dienone is 2. The first-order valence-corrected chi connectivity index (χ1v) is 27.9. The number of oxime groups is 1. The van der Waals surface area contributed by atoms with Crippen LogP contribution in [0.5, 0.6) is 0 Å². The fraction of sp³-hybridized carbons (Fsp3) is 0.902. The summed E-state index contributed by atoms with van der Waals surface area (Å²) in [6, 6.07) is 0. The molecule has 0 heterocycles. The maximum atomic E-state index is 13.0. The highest BCUT2D eigenvalue weighted by Gasteiger charge is 2.73. The van der Waals surface area contributed by atoms with E-state index in [9.17, 15) is 30.4 Å². The molecule has 10 fully saturated rings. The van der Waals surface area contributed by atoms with Crippen molar-refractivity contribution in [2.24, 2.45) is 118 Å². The highest BCUT2D eigenvalue weighted by atomic mass is 16.4. The standard InChI is InChI=1S/C30H49NO3.C30H48O3.CH4/c1-19(2)20-9-14-30(18-33)16-15-28(5)21(25(20)30)7-8-23-26(3)12-11-24(31-34)27(4,17-32)22(26)10-13-29(23,28)6;1-19(2)20-9-14-30(18-32)16-15-28(5)21(25(20)30)7-8-23-26(3)12-11-24(33)27(4,17-31)22(26)10-13-29(23,28)6;/h20-23,25,32-34H,1,7-18H2,2-6H3;20-23,25,31-32H,1,7-18H2,2-6H3;1H4/b31-24-;;/t2*20-,21+,22+,23+,25+,26-,27+,28+,29+,30+;/m00./s1. The molecule has 0 saturated heterocycles. The largest absolute Gasteiger partial charge is 0.411 e. The zero-order valence-electron chi connectivity index (χ0n) is 44.2. The summed E-state index contributed by atoms with van der Waals surface area (Å²) in [5.74, 6) is 5.72. The van der Waals surface area contributed by atoms with Crippen LogP contribution in [0.4, 0.5) is 0 Å². The van der Waals surface area contributed by atoms with Crippen molar-refractivity contribution in [3.63, 3.8) is 0 Å². The van der Waals surface area contributed by atoms with Gasteiger partial charge < -0.3 is 25.6 Å². The average Bonchev–Trinajstić information content (AvgIpc) is 3.89. The fourth-order valence-electron chi connectivity index (χ4n) is 22.9. The number of carbonyl (C=O) groups is 1. The monoisotopic (exact) mass is 944 g/mol. The van der Waals surface area contributed by atoms with E-state index in [1.807, 2.05) is 0 Å². The third-order valence-electron chi connectivity index (χ3n) is 27.0. The van der Waals surface area contributed by atoms with E-state index in [2.05, 4.69) is 87.6 Å². The molecule has 0 aromatic heterocycles. The fourth-order valence-corrected chi connectivity index (χ4v) is 22.9. The molecule has 0 aromatic carbocycles. The van der Waals surface area contributed by atoms with Crippen LogP contribution in [0.25, 0.3) is 0 Å². The third-order valence-corrected chi connectivity index (χ3v) is 27.0. The van der Waals surface area contributed by atoms with Gasteiger partial charge in [0.15, 0.2) is 0 Å². The second-order valence-electron chi connectivity index (χ2n) is 28.5. The molecule has 5 N–H and O–H groups in total. The molecule has 0 amide bonds. The van der Waals surface area contributed by atoms with Gasteiger partial charge in [-0.2, -0.15) is 0 Å². The second-order valence-corrected chi connectivity index (χ2v) is 28.5. The number of aliphatic hydroxyl groups is 4. The van der Waals surface area contributed by atoms with Crippen molar-refractivity contribution in [3.8, 4) is 0 Å². The van der Waals surface area contributed by atoms with Crippen molar-refractivity contribution in [3.05, 3.63) is 24.3 Å². The van der Waals surface area contributed by atoms with Gasteiger partial charge in [-0.05, 0) is 238 Å². The van der Waals surface area contributed by atoms with E-state index in [0.29, 0.717) is 78.8 Å². The minimum absolute atomic E-state index is 0. The molecule has 10 aliphatic carbocycles. The predicted octanol–water partition coefficient (Wildman–Crippen LogP) is 13.3. The van der Waals surface area contributed by atoms with Crippen molar-refractivity contribution in [2.75, 3.05) is 26.4 Å². The molecule has 7 nitrogen and oxygen atoms in total. The maximum absolute atomic E-state index is 13.0. The first-order chi connectivity index (χ1) is 31.4. The van der Waals surface area contributed by atoms with Gasteiger partial charge in [-0.25, -0.2) is 0 Å². The number of aliphatic hydroxyl groups excluding tert-OH is 4. The van der Waals surface area contributed by atoms with E-state index in [1.165, 1.54) is 75.4 Å². The Kier molecular flexibility index (Phi) is 13.4. The van der Waals surface area contributed by atoms with Gasteiger partial charge in [-0.3, -0.25) is 4.79 Å². The number of hydrogen-bond acceptors (Lipinski definition) is 7. The minimum Gasteiger partial charge on any atom is -0.411 e. The zero-order chi connectivity index (χ0) is 48.8. The Morgan fingerprint density at radius 2 is 0.912 bits per heavy atom. The molecule has 10 rings (SSSR count). The predicted molar refractivity (Wildman–Crippen MR) is 276 cm³/mol. The van der Waals surface area contributed by atoms with Crippen molar-refractivity contribution in [2.45, 2.75) is 205 Å². The number of ketones is 1. The molecule has 68 heavy (non-hydrogen) atoms. The molecule has 386 valence electrons. The Morgan fingerprint density at radius 1 is 0.500 bits per heavy atom. The Morgan fingerprint density at radius 3 is 1.29 bits per heavy atom. The summed E-state index contributed by atoms with van der Waals surface area (Å²) >= 11 is 0. The molecule has 0 aromatic rings. The molecule has 0 unspecified atom stereocenters. The molecule has 20 atom stereocenters. The lowest BCUT2D eigenvalue weighted by Gasteiger charge is -2.72. The molecule has 0 bridgehead atoms. The van der Waals surface area contributed by atoms with Gasteiger partial charge in [-0.15, -0.1) is 0 Å². The SMILES string of the molecule is C.C=C(C)[C@@H]1CC[C@]2(CO)CC[C@]3(C)[C@H](CC[C@@H]4[C@@]5(C)CC/C(=N/O)[C@](C)(CO)[C@@H]5CC[C@]43C)[C@@H]12.C=C(C)[C@@H]1CC[C@]2(CO)CC[C@]3(C)[C@H](CC[C@@H]4[C@@]5(C)CCC(=O)[C@](C)(CO)[C@@H]5CC[C@]43C)[C@@H]12. The van der Waals surface area contributed by atoms with Crippen LogP contribution in [0, 0.1) is 113 Å². The number of hydrogen-bond donors (Lipinski definition) is 5. The smallest absolute Gasteiger partial charge is 0.141 e. The molecule has 0 radical (unpaired) electrons. The van der Waals surface area contributed by atoms with E-state index < -0.39 is 10.8 Å². The quantitative estimate of drug-likeness (QED) is 0.102. The van der Waals surface area contributed by atoms with Crippen molar-refractivity contribution in [1.29, 1.82) is 0 Å². The van der Waals surface area contributed by atoms with E-state index >= 15 is 0 Å². The van der Waals surface area contributed by atoms with Gasteiger partial charge in [0.2, 0.25) is 0 Å². The Balaban J connectivity index is 0.000000181. The third kappa shape index (κ3) is 6.59. The number of carbonyl (C=O) groups excluding carboxylic acids is 1. The molecule has 7 heteroatoms. The molecule has 10 saturated carbocycles. The lowest BCUT2D eigenvalue weighted by atomic mass is 9.32. The van der Waals surface area contributed by atoms with Crippen molar-refractivity contribution >= 4 is 11.5 Å². The average molecular weight is 944 g/mol. The maximum Gasteiger partial charge on any atom is 0.141 e. The summed E-state index contributed by atoms with van der Waals surface area (Å²) in [5, 5.41) is 55.6. The number of nitrogens with zero attached hydrogens (tertiary/aromatic N) is 1. The van der Waals surface area contributed by atoms with Crippen LogP contribution in [0.15, 0.2) is 29.5 Å². The van der Waals surface area contributed by atoms with Crippen LogP contribution in [0.2, 0.25) is 0 Å². The van der Waals surface area contributed by atoms with Gasteiger partial charge in [-0.1, -0.05) is 92.3 Å². The first kappa shape index (κ1) is 52.8. The zero-order valence-corrected chi connectivity index (χ0v) is 44.2. The van der Waals surface area contributed by atoms with Gasteiger partial charge in [0.25, 0.3) is 0 Å². The van der Waals surface area contributed by atoms with Gasteiger partial charge >= 0.3 is 0 Å². The van der Waals surface area contributed by atoms with Crippen molar-refractivity contribution < 1.29 is 30.4 Å². The summed E-state index contributed by atoms with van der Waals surface area (Å²) in [6.07, 6.45) is 22.5. The van der Waals surface area contributed by atoms with Crippen LogP contribution < -0.4 is 0 Å². The normalized spacial score (nSPS) is 55.0. The lowest BCUT2D eigenvalue weighted by Crippen LogP contribution is -2.67. The van der Waals surface area contributed by atoms with Crippen molar-refractivity contribution in [1.82, 2.24) is 0 Å². The molecular formula is C61H101NO6. The van der Waals surface area contributed by atoms with E-state index in [0.717, 1.165) is 63.5 Å². The highest BCUT2D eigenvalue weighted by Crippen LogP contribution is 2.79. The Bertz CT molecular complexity index is 2010. The summed E-state index contributed by atoms with van der Waals surface area (Å²) < 4.78 is 0. The van der Waals surface area contributed by atoms with E-state index in [-0.39, 0.29) is 69.7 Å². The number of rotatable bonds is 6. The molecule has 0 aliphatic heterocycles. The molecule has 0 spiro atoms. The Labute approximate surface area is 414 Å². The van der Waals surface area contributed by atoms with Gasteiger partial charge in [0.05, 0.1) is 24.3 Å².